The Morgan fingerprint density at radius 2 is 1.78 bits per heavy atom. The van der Waals surface area contributed by atoms with Gasteiger partial charge >= 0.3 is 5.97 Å². The lowest BCUT2D eigenvalue weighted by atomic mass is 10.1. The highest BCUT2D eigenvalue weighted by molar-refractivity contribution is 7.98. The topological polar surface area (TPSA) is 115 Å². The Morgan fingerprint density at radius 3 is 2.38 bits per heavy atom. The third kappa shape index (κ3) is 6.98. The maximum Gasteiger partial charge on any atom is 0.329 e. The summed E-state index contributed by atoms with van der Waals surface area (Å²) < 4.78 is 10.6. The van der Waals surface area contributed by atoms with Crippen LogP contribution >= 0.6 is 11.8 Å². The van der Waals surface area contributed by atoms with Crippen LogP contribution < -0.4 is 10.1 Å². The molecule has 0 aliphatic heterocycles. The maximum absolute atomic E-state index is 12.6. The monoisotopic (exact) mass is 460 g/mol. The standard InChI is InChI=1S/C23H28N2O6S/c1-14-21(16(3)26)15(2)24-22(14)19(27)12-31-23(29)18(10-11-32-4)25-20(28)13-30-17-8-6-5-7-9-17/h5-9,18,24H,10-13H2,1-4H3,(H,25,28)/t18-/m0/s1. The molecule has 0 aliphatic carbocycles. The predicted octanol–water partition coefficient (Wildman–Crippen LogP) is 2.88. The number of benzene rings is 1. The first-order valence-electron chi connectivity index (χ1n) is 10.1. The Labute approximate surface area is 191 Å². The summed E-state index contributed by atoms with van der Waals surface area (Å²) in [6.45, 7) is 4.06. The molecule has 32 heavy (non-hydrogen) atoms. The quantitative estimate of drug-likeness (QED) is 0.370. The number of carbonyl (C=O) groups excluding carboxylic acids is 4. The average molecular weight is 461 g/mol. The Bertz CT molecular complexity index is 970. The highest BCUT2D eigenvalue weighted by Crippen LogP contribution is 2.19. The molecule has 1 atom stereocenters. The fraction of sp³-hybridized carbons (Fsp3) is 0.391. The van der Waals surface area contributed by atoms with Gasteiger partial charge in [-0.05, 0) is 56.9 Å². The molecule has 1 aromatic carbocycles. The van der Waals surface area contributed by atoms with Crippen molar-refractivity contribution in [3.05, 3.63) is 52.8 Å². The van der Waals surface area contributed by atoms with Gasteiger partial charge in [-0.2, -0.15) is 11.8 Å². The van der Waals surface area contributed by atoms with Gasteiger partial charge in [0.15, 0.2) is 19.0 Å². The van der Waals surface area contributed by atoms with E-state index in [4.69, 9.17) is 9.47 Å². The van der Waals surface area contributed by atoms with E-state index < -0.39 is 30.3 Å². The number of aryl methyl sites for hydroxylation is 1. The molecule has 0 bridgehead atoms. The third-order valence-electron chi connectivity index (χ3n) is 4.76. The van der Waals surface area contributed by atoms with Gasteiger partial charge < -0.3 is 19.8 Å². The van der Waals surface area contributed by atoms with Crippen LogP contribution in [0.3, 0.4) is 0 Å². The smallest absolute Gasteiger partial charge is 0.329 e. The SMILES string of the molecule is CSCC[C@H](NC(=O)COc1ccccc1)C(=O)OCC(=O)c1[nH]c(C)c(C(C)=O)c1C. The minimum absolute atomic E-state index is 0.148. The summed E-state index contributed by atoms with van der Waals surface area (Å²) in [6.07, 6.45) is 2.23. The van der Waals surface area contributed by atoms with Crippen molar-refractivity contribution in [3.8, 4) is 5.75 Å². The van der Waals surface area contributed by atoms with Crippen molar-refractivity contribution in [2.24, 2.45) is 0 Å². The van der Waals surface area contributed by atoms with E-state index in [1.165, 1.54) is 18.7 Å². The Hall–Kier alpha value is -3.07. The second kappa shape index (κ2) is 12.1. The number of aromatic amines is 1. The number of rotatable bonds is 12. The van der Waals surface area contributed by atoms with Crippen LogP contribution in [0.2, 0.25) is 0 Å². The lowest BCUT2D eigenvalue weighted by molar-refractivity contribution is -0.147. The molecule has 0 saturated heterocycles. The molecule has 2 aromatic rings. The summed E-state index contributed by atoms with van der Waals surface area (Å²) >= 11 is 1.52. The molecule has 0 saturated carbocycles. The summed E-state index contributed by atoms with van der Waals surface area (Å²) in [5.41, 5.74) is 1.82. The number of ether oxygens (including phenoxy) is 2. The molecular weight excluding hydrogens is 432 g/mol. The van der Waals surface area contributed by atoms with Gasteiger partial charge in [0.25, 0.3) is 5.91 Å². The number of para-hydroxylation sites is 1. The number of carbonyl (C=O) groups is 4. The molecular formula is C23H28N2O6S. The van der Waals surface area contributed by atoms with Crippen LogP contribution in [0.5, 0.6) is 5.75 Å². The number of amides is 1. The van der Waals surface area contributed by atoms with Crippen LogP contribution in [0.25, 0.3) is 0 Å². The fourth-order valence-corrected chi connectivity index (χ4v) is 3.72. The van der Waals surface area contributed by atoms with Gasteiger partial charge in [0.2, 0.25) is 5.78 Å². The molecule has 1 aromatic heterocycles. The Morgan fingerprint density at radius 1 is 1.09 bits per heavy atom. The van der Waals surface area contributed by atoms with E-state index in [9.17, 15) is 19.2 Å². The summed E-state index contributed by atoms with van der Waals surface area (Å²) in [5.74, 6) is -0.611. The van der Waals surface area contributed by atoms with Crippen LogP contribution in [0.15, 0.2) is 30.3 Å². The number of Topliss-reactive ketones (excluding diaryl/α,β-unsaturated/α-hetero) is 2. The van der Waals surface area contributed by atoms with Crippen LogP contribution in [-0.4, -0.2) is 59.7 Å². The molecule has 0 spiro atoms. The van der Waals surface area contributed by atoms with Gasteiger partial charge in [0.05, 0.1) is 5.69 Å². The van der Waals surface area contributed by atoms with E-state index in [2.05, 4.69) is 10.3 Å². The summed E-state index contributed by atoms with van der Waals surface area (Å²) in [4.78, 5) is 52.0. The summed E-state index contributed by atoms with van der Waals surface area (Å²) in [7, 11) is 0. The van der Waals surface area contributed by atoms with Gasteiger partial charge in [-0.3, -0.25) is 14.4 Å². The molecule has 8 nitrogen and oxygen atoms in total. The van der Waals surface area contributed by atoms with E-state index in [1.807, 2.05) is 12.3 Å². The molecule has 1 amide bonds. The van der Waals surface area contributed by atoms with Crippen molar-refractivity contribution in [1.82, 2.24) is 10.3 Å². The van der Waals surface area contributed by atoms with Crippen LogP contribution in [0, 0.1) is 13.8 Å². The van der Waals surface area contributed by atoms with E-state index in [-0.39, 0.29) is 18.1 Å². The lowest BCUT2D eigenvalue weighted by Gasteiger charge is -2.17. The van der Waals surface area contributed by atoms with Gasteiger partial charge in [-0.1, -0.05) is 18.2 Å². The first-order chi connectivity index (χ1) is 15.2. The number of hydrogen-bond acceptors (Lipinski definition) is 7. The fourth-order valence-electron chi connectivity index (χ4n) is 3.25. The minimum Gasteiger partial charge on any atom is -0.484 e. The zero-order chi connectivity index (χ0) is 23.7. The summed E-state index contributed by atoms with van der Waals surface area (Å²) in [6, 6.07) is 7.95. The molecule has 0 fully saturated rings. The maximum atomic E-state index is 12.6. The molecule has 172 valence electrons. The first kappa shape index (κ1) is 25.2. The lowest BCUT2D eigenvalue weighted by Crippen LogP contribution is -2.44. The number of ketones is 2. The van der Waals surface area contributed by atoms with Crippen molar-refractivity contribution >= 4 is 35.2 Å². The molecule has 0 unspecified atom stereocenters. The van der Waals surface area contributed by atoms with Crippen LogP contribution in [0.1, 0.15) is 45.4 Å². The van der Waals surface area contributed by atoms with E-state index in [0.29, 0.717) is 34.7 Å². The minimum atomic E-state index is -0.902. The number of esters is 1. The summed E-state index contributed by atoms with van der Waals surface area (Å²) in [5, 5.41) is 2.61. The molecule has 0 aliphatic rings. The number of hydrogen-bond donors (Lipinski definition) is 2. The molecule has 1 heterocycles. The number of H-pyrrole nitrogens is 1. The zero-order valence-corrected chi connectivity index (χ0v) is 19.5. The van der Waals surface area contributed by atoms with Crippen molar-refractivity contribution in [1.29, 1.82) is 0 Å². The Balaban J connectivity index is 1.95. The molecule has 0 radical (unpaired) electrons. The van der Waals surface area contributed by atoms with Gasteiger partial charge in [0, 0.05) is 11.3 Å². The highest BCUT2D eigenvalue weighted by atomic mass is 32.2. The second-order valence-corrected chi connectivity index (χ2v) is 8.20. The first-order valence-corrected chi connectivity index (χ1v) is 11.5. The number of nitrogens with one attached hydrogen (secondary N) is 2. The Kier molecular flexibility index (Phi) is 9.52. The van der Waals surface area contributed by atoms with Crippen molar-refractivity contribution in [2.75, 3.05) is 25.2 Å². The number of thioether (sulfide) groups is 1. The molecule has 9 heteroatoms. The van der Waals surface area contributed by atoms with Crippen molar-refractivity contribution < 1.29 is 28.7 Å². The van der Waals surface area contributed by atoms with Crippen LogP contribution in [-0.2, 0) is 14.3 Å². The van der Waals surface area contributed by atoms with E-state index in [1.54, 1.807) is 38.1 Å². The van der Waals surface area contributed by atoms with Gasteiger partial charge in [-0.25, -0.2) is 4.79 Å². The largest absolute Gasteiger partial charge is 0.484 e. The van der Waals surface area contributed by atoms with E-state index >= 15 is 0 Å². The molecule has 2 rings (SSSR count). The van der Waals surface area contributed by atoms with E-state index in [0.717, 1.165) is 0 Å². The zero-order valence-electron chi connectivity index (χ0n) is 18.7. The normalized spacial score (nSPS) is 11.5. The third-order valence-corrected chi connectivity index (χ3v) is 5.40. The van der Waals surface area contributed by atoms with Gasteiger partial charge in [0.1, 0.15) is 11.8 Å². The highest BCUT2D eigenvalue weighted by Gasteiger charge is 2.25. The van der Waals surface area contributed by atoms with Crippen molar-refractivity contribution in [2.45, 2.75) is 33.2 Å². The number of aromatic nitrogens is 1. The van der Waals surface area contributed by atoms with Crippen LogP contribution in [0.4, 0.5) is 0 Å². The second-order valence-electron chi connectivity index (χ2n) is 7.22. The van der Waals surface area contributed by atoms with Gasteiger partial charge in [-0.15, -0.1) is 0 Å². The molecule has 2 N–H and O–H groups in total. The average Bonchev–Trinajstić information content (AvgIpc) is 3.08. The predicted molar refractivity (Wildman–Crippen MR) is 122 cm³/mol. The van der Waals surface area contributed by atoms with Crippen molar-refractivity contribution in [3.63, 3.8) is 0 Å².